The molecule has 124 valence electrons. The van der Waals surface area contributed by atoms with Gasteiger partial charge in [-0.2, -0.15) is 0 Å². The molecule has 1 aliphatic rings. The number of hydrogen-bond donors (Lipinski definition) is 1. The van der Waals surface area contributed by atoms with Gasteiger partial charge in [0.25, 0.3) is 0 Å². The summed E-state index contributed by atoms with van der Waals surface area (Å²) in [5, 5.41) is 2.69. The van der Waals surface area contributed by atoms with E-state index >= 15 is 0 Å². The van der Waals surface area contributed by atoms with Gasteiger partial charge in [0.1, 0.15) is 11.5 Å². The third-order valence-electron chi connectivity index (χ3n) is 3.72. The molecule has 0 aromatic heterocycles. The van der Waals surface area contributed by atoms with Gasteiger partial charge < -0.3 is 19.7 Å². The second-order valence-corrected chi connectivity index (χ2v) is 5.41. The van der Waals surface area contributed by atoms with Crippen molar-refractivity contribution in [1.29, 1.82) is 0 Å². The summed E-state index contributed by atoms with van der Waals surface area (Å²) in [4.78, 5) is 25.3. The van der Waals surface area contributed by atoms with E-state index in [1.165, 1.54) is 0 Å². The average molecular weight is 326 g/mol. The van der Waals surface area contributed by atoms with Gasteiger partial charge in [0, 0.05) is 13.6 Å². The second-order valence-electron chi connectivity index (χ2n) is 5.41. The lowest BCUT2D eigenvalue weighted by Gasteiger charge is -2.17. The Hall–Kier alpha value is -3.02. The molecule has 0 fully saturated rings. The monoisotopic (exact) mass is 326 g/mol. The van der Waals surface area contributed by atoms with Crippen LogP contribution in [0, 0.1) is 0 Å². The Labute approximate surface area is 140 Å². The van der Waals surface area contributed by atoms with Crippen LogP contribution >= 0.6 is 0 Å². The third kappa shape index (κ3) is 3.65. The smallest absolute Gasteiger partial charge is 0.412 e. The average Bonchev–Trinajstić information content (AvgIpc) is 2.73. The zero-order valence-corrected chi connectivity index (χ0v) is 13.3. The summed E-state index contributed by atoms with van der Waals surface area (Å²) in [7, 11) is 1.72. The molecule has 2 amide bonds. The molecule has 0 saturated carbocycles. The third-order valence-corrected chi connectivity index (χ3v) is 3.72. The van der Waals surface area contributed by atoms with Crippen LogP contribution in [0.5, 0.6) is 11.5 Å². The van der Waals surface area contributed by atoms with Crippen molar-refractivity contribution in [3.05, 3.63) is 54.1 Å². The van der Waals surface area contributed by atoms with Crippen LogP contribution in [-0.2, 0) is 11.3 Å². The number of benzene rings is 2. The number of carbonyl (C=O) groups is 2. The van der Waals surface area contributed by atoms with Crippen LogP contribution in [-0.4, -0.2) is 25.7 Å². The Kier molecular flexibility index (Phi) is 4.65. The molecule has 3 rings (SSSR count). The largest absolute Gasteiger partial charge is 0.491 e. The van der Waals surface area contributed by atoms with E-state index in [-0.39, 0.29) is 5.91 Å². The van der Waals surface area contributed by atoms with Crippen molar-refractivity contribution in [2.45, 2.75) is 13.0 Å². The van der Waals surface area contributed by atoms with Crippen LogP contribution in [0.3, 0.4) is 0 Å². The van der Waals surface area contributed by atoms with Gasteiger partial charge in [-0.3, -0.25) is 4.79 Å². The standard InChI is InChI=1S/C18H18N2O4/c1-20-15-11-13(7-8-16(15)23-10-9-17(20)21)12-19-18(22)24-14-5-3-2-4-6-14/h2-8,11H,9-10,12H2,1H3,(H,19,22). The Balaban J connectivity index is 1.65. The van der Waals surface area contributed by atoms with Crippen LogP contribution < -0.4 is 19.7 Å². The van der Waals surface area contributed by atoms with Crippen molar-refractivity contribution in [3.63, 3.8) is 0 Å². The number of anilines is 1. The van der Waals surface area contributed by atoms with Gasteiger partial charge in [-0.1, -0.05) is 24.3 Å². The number of rotatable bonds is 3. The number of amides is 2. The summed E-state index contributed by atoms with van der Waals surface area (Å²) in [6.07, 6.45) is -0.181. The summed E-state index contributed by atoms with van der Waals surface area (Å²) >= 11 is 0. The number of carbonyl (C=O) groups excluding carboxylic acids is 2. The highest BCUT2D eigenvalue weighted by Crippen LogP contribution is 2.31. The summed E-state index contributed by atoms with van der Waals surface area (Å²) in [5.41, 5.74) is 1.55. The van der Waals surface area contributed by atoms with Crippen LogP contribution in [0.4, 0.5) is 10.5 Å². The summed E-state index contributed by atoms with van der Waals surface area (Å²) < 4.78 is 10.7. The molecular formula is C18H18N2O4. The molecule has 0 atom stereocenters. The number of nitrogens with zero attached hydrogens (tertiary/aromatic N) is 1. The fourth-order valence-electron chi connectivity index (χ4n) is 2.41. The maximum atomic E-state index is 11.9. The lowest BCUT2D eigenvalue weighted by molar-refractivity contribution is -0.118. The fraction of sp³-hybridized carbons (Fsp3) is 0.222. The van der Waals surface area contributed by atoms with Crippen LogP contribution in [0.25, 0.3) is 0 Å². The zero-order valence-electron chi connectivity index (χ0n) is 13.3. The number of hydrogen-bond acceptors (Lipinski definition) is 4. The SMILES string of the molecule is CN1C(=O)CCOc2ccc(CNC(=O)Oc3ccccc3)cc21. The molecule has 1 N–H and O–H groups in total. The minimum Gasteiger partial charge on any atom is -0.491 e. The second kappa shape index (κ2) is 7.04. The van der Waals surface area contributed by atoms with E-state index in [4.69, 9.17) is 9.47 Å². The van der Waals surface area contributed by atoms with Crippen molar-refractivity contribution in [1.82, 2.24) is 5.32 Å². The van der Waals surface area contributed by atoms with Crippen molar-refractivity contribution >= 4 is 17.7 Å². The molecule has 0 aliphatic carbocycles. The quantitative estimate of drug-likeness (QED) is 0.942. The lowest BCUT2D eigenvalue weighted by atomic mass is 10.1. The number of ether oxygens (including phenoxy) is 2. The summed E-state index contributed by atoms with van der Waals surface area (Å²) in [6, 6.07) is 14.3. The van der Waals surface area contributed by atoms with Crippen LogP contribution in [0.1, 0.15) is 12.0 Å². The number of fused-ring (bicyclic) bond motifs is 1. The van der Waals surface area contributed by atoms with E-state index in [0.29, 0.717) is 36.8 Å². The van der Waals surface area contributed by atoms with Gasteiger partial charge in [0.15, 0.2) is 0 Å². The lowest BCUT2D eigenvalue weighted by Crippen LogP contribution is -2.27. The summed E-state index contributed by atoms with van der Waals surface area (Å²) in [6.45, 7) is 0.665. The molecular weight excluding hydrogens is 308 g/mol. The van der Waals surface area contributed by atoms with E-state index in [2.05, 4.69) is 5.32 Å². The van der Waals surface area contributed by atoms with Crippen LogP contribution in [0.15, 0.2) is 48.5 Å². The van der Waals surface area contributed by atoms with E-state index in [0.717, 1.165) is 5.56 Å². The maximum absolute atomic E-state index is 11.9. The van der Waals surface area contributed by atoms with E-state index in [1.54, 1.807) is 36.2 Å². The molecule has 0 bridgehead atoms. The minimum atomic E-state index is -0.531. The molecule has 0 unspecified atom stereocenters. The first kappa shape index (κ1) is 15.9. The number of para-hydroxylation sites is 1. The fourth-order valence-corrected chi connectivity index (χ4v) is 2.41. The number of nitrogens with one attached hydrogen (secondary N) is 1. The molecule has 1 aliphatic heterocycles. The van der Waals surface area contributed by atoms with Gasteiger partial charge >= 0.3 is 6.09 Å². The molecule has 2 aromatic rings. The van der Waals surface area contributed by atoms with Gasteiger partial charge in [0.2, 0.25) is 5.91 Å². The van der Waals surface area contributed by atoms with E-state index in [1.807, 2.05) is 24.3 Å². The van der Waals surface area contributed by atoms with Crippen LogP contribution in [0.2, 0.25) is 0 Å². The molecule has 0 saturated heterocycles. The zero-order chi connectivity index (χ0) is 16.9. The van der Waals surface area contributed by atoms with Gasteiger partial charge in [-0.25, -0.2) is 4.79 Å². The predicted molar refractivity (Wildman–Crippen MR) is 89.3 cm³/mol. The molecule has 24 heavy (non-hydrogen) atoms. The molecule has 6 nitrogen and oxygen atoms in total. The highest BCUT2D eigenvalue weighted by Gasteiger charge is 2.20. The molecule has 1 heterocycles. The van der Waals surface area contributed by atoms with E-state index < -0.39 is 6.09 Å². The van der Waals surface area contributed by atoms with Crippen molar-refractivity contribution in [2.24, 2.45) is 0 Å². The minimum absolute atomic E-state index is 0.00217. The van der Waals surface area contributed by atoms with Gasteiger partial charge in [-0.15, -0.1) is 0 Å². The van der Waals surface area contributed by atoms with E-state index in [9.17, 15) is 9.59 Å². The molecule has 0 radical (unpaired) electrons. The predicted octanol–water partition coefficient (Wildman–Crippen LogP) is 2.72. The Morgan fingerprint density at radius 2 is 2.04 bits per heavy atom. The molecule has 0 spiro atoms. The maximum Gasteiger partial charge on any atom is 0.412 e. The normalized spacial score (nSPS) is 13.5. The highest BCUT2D eigenvalue weighted by atomic mass is 16.6. The van der Waals surface area contributed by atoms with Crippen molar-refractivity contribution in [2.75, 3.05) is 18.6 Å². The Bertz CT molecular complexity index is 746. The first-order chi connectivity index (χ1) is 11.6. The molecule has 6 heteroatoms. The van der Waals surface area contributed by atoms with Gasteiger partial charge in [0.05, 0.1) is 18.7 Å². The van der Waals surface area contributed by atoms with Crippen molar-refractivity contribution in [3.8, 4) is 11.5 Å². The molecule has 2 aromatic carbocycles. The Morgan fingerprint density at radius 3 is 2.83 bits per heavy atom. The van der Waals surface area contributed by atoms with Crippen molar-refractivity contribution < 1.29 is 19.1 Å². The Morgan fingerprint density at radius 1 is 1.25 bits per heavy atom. The first-order valence-corrected chi connectivity index (χ1v) is 7.66. The van der Waals surface area contributed by atoms with Gasteiger partial charge in [-0.05, 0) is 29.8 Å². The summed E-state index contributed by atoms with van der Waals surface area (Å²) in [5.74, 6) is 1.15. The topological polar surface area (TPSA) is 67.9 Å². The first-order valence-electron chi connectivity index (χ1n) is 7.66. The highest BCUT2D eigenvalue weighted by molar-refractivity contribution is 5.95.